The van der Waals surface area contributed by atoms with Crippen LogP contribution in [0.1, 0.15) is 59.8 Å². The maximum atomic E-state index is 2.71. The van der Waals surface area contributed by atoms with Crippen molar-refractivity contribution < 1.29 is 0 Å². The van der Waals surface area contributed by atoms with Crippen molar-refractivity contribution in [3.8, 4) is 0 Å². The van der Waals surface area contributed by atoms with Gasteiger partial charge in [-0.3, -0.25) is 0 Å². The predicted molar refractivity (Wildman–Crippen MR) is 70.6 cm³/mol. The second kappa shape index (κ2) is 4.68. The summed E-state index contributed by atoms with van der Waals surface area (Å²) in [6.45, 7) is 12.3. The largest absolute Gasteiger partial charge is 0.300 e. The zero-order valence-electron chi connectivity index (χ0n) is 11.6. The Morgan fingerprint density at radius 1 is 1.12 bits per heavy atom. The minimum Gasteiger partial charge on any atom is -0.300 e. The number of hydrogen-bond donors (Lipinski definition) is 0. The molecule has 0 N–H and O–H groups in total. The van der Waals surface area contributed by atoms with Crippen LogP contribution in [0, 0.1) is 17.3 Å². The van der Waals surface area contributed by atoms with E-state index < -0.39 is 0 Å². The Morgan fingerprint density at radius 2 is 1.88 bits per heavy atom. The molecule has 1 heteroatoms. The number of piperidine rings is 1. The van der Waals surface area contributed by atoms with Crippen LogP contribution in [0.25, 0.3) is 0 Å². The van der Waals surface area contributed by atoms with E-state index in [4.69, 9.17) is 0 Å². The van der Waals surface area contributed by atoms with E-state index in [-0.39, 0.29) is 0 Å². The van der Waals surface area contributed by atoms with Gasteiger partial charge in [0.05, 0.1) is 0 Å². The van der Waals surface area contributed by atoms with Crippen LogP contribution in [0.5, 0.6) is 0 Å². The summed E-state index contributed by atoms with van der Waals surface area (Å²) in [5.41, 5.74) is 0.706. The van der Waals surface area contributed by atoms with E-state index in [0.717, 1.165) is 17.9 Å². The Balaban J connectivity index is 1.98. The molecule has 0 radical (unpaired) electrons. The fourth-order valence-electron chi connectivity index (χ4n) is 3.88. The van der Waals surface area contributed by atoms with Crippen LogP contribution >= 0.6 is 0 Å². The van der Waals surface area contributed by atoms with Crippen LogP contribution in [0.3, 0.4) is 0 Å². The van der Waals surface area contributed by atoms with E-state index in [2.05, 4.69) is 32.6 Å². The fraction of sp³-hybridized carbons (Fsp3) is 1.00. The summed E-state index contributed by atoms with van der Waals surface area (Å²) in [6.07, 6.45) is 7.43. The third kappa shape index (κ3) is 2.45. The van der Waals surface area contributed by atoms with E-state index in [9.17, 15) is 0 Å². The molecule has 1 heterocycles. The van der Waals surface area contributed by atoms with Gasteiger partial charge >= 0.3 is 0 Å². The molecule has 16 heavy (non-hydrogen) atoms. The fourth-order valence-corrected chi connectivity index (χ4v) is 3.88. The Labute approximate surface area is 102 Å². The van der Waals surface area contributed by atoms with Crippen LogP contribution in [0.4, 0.5) is 0 Å². The lowest BCUT2D eigenvalue weighted by atomic mass is 9.76. The number of nitrogens with zero attached hydrogens (tertiary/aromatic N) is 1. The second-order valence-electron chi connectivity index (χ2n) is 6.91. The first kappa shape index (κ1) is 12.4. The lowest BCUT2D eigenvalue weighted by Gasteiger charge is -2.43. The number of rotatable bonds is 2. The molecule has 2 fully saturated rings. The van der Waals surface area contributed by atoms with Crippen LogP contribution in [0.2, 0.25) is 0 Å². The minimum absolute atomic E-state index is 0.706. The Kier molecular flexibility index (Phi) is 3.63. The van der Waals surface area contributed by atoms with Gasteiger partial charge in [0.15, 0.2) is 0 Å². The average Bonchev–Trinajstić information content (AvgIpc) is 2.62. The zero-order chi connectivity index (χ0) is 11.8. The van der Waals surface area contributed by atoms with Gasteiger partial charge < -0.3 is 4.90 Å². The van der Waals surface area contributed by atoms with Crippen LogP contribution in [0.15, 0.2) is 0 Å². The van der Waals surface area contributed by atoms with E-state index >= 15 is 0 Å². The van der Waals surface area contributed by atoms with Crippen molar-refractivity contribution in [1.82, 2.24) is 4.90 Å². The topological polar surface area (TPSA) is 3.24 Å². The van der Waals surface area contributed by atoms with Gasteiger partial charge in [-0.2, -0.15) is 0 Å². The molecule has 0 aromatic carbocycles. The Morgan fingerprint density at radius 3 is 2.44 bits per heavy atom. The molecule has 1 saturated carbocycles. The van der Waals surface area contributed by atoms with Crippen LogP contribution in [-0.4, -0.2) is 24.0 Å². The lowest BCUT2D eigenvalue weighted by molar-refractivity contribution is 0.0654. The first-order valence-electron chi connectivity index (χ1n) is 7.26. The Bertz CT molecular complexity index is 234. The molecule has 0 aromatic rings. The monoisotopic (exact) mass is 223 g/mol. The highest BCUT2D eigenvalue weighted by Gasteiger charge is 2.42. The second-order valence-corrected chi connectivity index (χ2v) is 6.91. The molecule has 1 spiro atoms. The maximum Gasteiger partial charge on any atom is 0.00408 e. The highest BCUT2D eigenvalue weighted by molar-refractivity contribution is 4.95. The molecule has 2 aliphatic rings. The quantitative estimate of drug-likeness (QED) is 0.685. The van der Waals surface area contributed by atoms with Gasteiger partial charge in [0.1, 0.15) is 0 Å². The van der Waals surface area contributed by atoms with Crippen molar-refractivity contribution in [2.45, 2.75) is 65.8 Å². The predicted octanol–water partition coefficient (Wildman–Crippen LogP) is 3.93. The van der Waals surface area contributed by atoms with Crippen molar-refractivity contribution >= 4 is 0 Å². The number of likely N-dealkylation sites (tertiary alicyclic amines) is 1. The summed E-state index contributed by atoms with van der Waals surface area (Å²) in [7, 11) is 0. The average molecular weight is 223 g/mol. The molecular weight excluding hydrogens is 194 g/mol. The van der Waals surface area contributed by atoms with Gasteiger partial charge in [-0.05, 0) is 69.7 Å². The molecule has 94 valence electrons. The smallest absolute Gasteiger partial charge is 0.00408 e. The summed E-state index contributed by atoms with van der Waals surface area (Å²) < 4.78 is 0. The van der Waals surface area contributed by atoms with Gasteiger partial charge in [0.25, 0.3) is 0 Å². The van der Waals surface area contributed by atoms with E-state index in [1.54, 1.807) is 0 Å². The normalized spacial score (nSPS) is 36.8. The van der Waals surface area contributed by atoms with Gasteiger partial charge in [-0.1, -0.05) is 13.8 Å². The molecule has 2 rings (SSSR count). The standard InChI is InChI=1S/C15H29N/c1-12(2)14-6-8-15(10-14)7-5-9-16(11-15)13(3)4/h12-14H,5-11H2,1-4H3. The minimum atomic E-state index is 0.706. The molecule has 0 aromatic heterocycles. The van der Waals surface area contributed by atoms with Crippen LogP contribution < -0.4 is 0 Å². The Hall–Kier alpha value is -0.0400. The van der Waals surface area contributed by atoms with Crippen molar-refractivity contribution in [2.75, 3.05) is 13.1 Å². The van der Waals surface area contributed by atoms with E-state index in [1.807, 2.05) is 0 Å². The lowest BCUT2D eigenvalue weighted by Crippen LogP contribution is -2.45. The molecule has 1 aliphatic carbocycles. The summed E-state index contributed by atoms with van der Waals surface area (Å²) in [4.78, 5) is 2.71. The molecule has 1 nitrogen and oxygen atoms in total. The first-order valence-corrected chi connectivity index (χ1v) is 7.26. The van der Waals surface area contributed by atoms with E-state index in [0.29, 0.717) is 5.41 Å². The molecule has 1 aliphatic heterocycles. The van der Waals surface area contributed by atoms with Crippen molar-refractivity contribution in [3.63, 3.8) is 0 Å². The summed E-state index contributed by atoms with van der Waals surface area (Å²) in [6, 6.07) is 0.746. The third-order valence-corrected chi connectivity index (χ3v) is 5.10. The third-order valence-electron chi connectivity index (χ3n) is 5.10. The summed E-state index contributed by atoms with van der Waals surface area (Å²) in [5.74, 6) is 1.90. The van der Waals surface area contributed by atoms with Gasteiger partial charge in [-0.25, -0.2) is 0 Å². The van der Waals surface area contributed by atoms with Crippen molar-refractivity contribution in [2.24, 2.45) is 17.3 Å². The van der Waals surface area contributed by atoms with Crippen molar-refractivity contribution in [3.05, 3.63) is 0 Å². The summed E-state index contributed by atoms with van der Waals surface area (Å²) in [5, 5.41) is 0. The van der Waals surface area contributed by atoms with Gasteiger partial charge in [-0.15, -0.1) is 0 Å². The highest BCUT2D eigenvalue weighted by Crippen LogP contribution is 2.49. The van der Waals surface area contributed by atoms with E-state index in [1.165, 1.54) is 45.2 Å². The molecule has 1 saturated heterocycles. The maximum absolute atomic E-state index is 2.71. The highest BCUT2D eigenvalue weighted by atomic mass is 15.2. The summed E-state index contributed by atoms with van der Waals surface area (Å²) >= 11 is 0. The zero-order valence-corrected chi connectivity index (χ0v) is 11.6. The SMILES string of the molecule is CC(C)C1CCC2(CCCN(C(C)C)C2)C1. The molecule has 0 amide bonds. The van der Waals surface area contributed by atoms with Crippen molar-refractivity contribution in [1.29, 1.82) is 0 Å². The van der Waals surface area contributed by atoms with Gasteiger partial charge in [0, 0.05) is 12.6 Å². The number of hydrogen-bond acceptors (Lipinski definition) is 1. The first-order chi connectivity index (χ1) is 7.52. The molecule has 2 unspecified atom stereocenters. The molecular formula is C15H29N. The molecule has 0 bridgehead atoms. The van der Waals surface area contributed by atoms with Gasteiger partial charge in [0.2, 0.25) is 0 Å². The van der Waals surface area contributed by atoms with Crippen LogP contribution in [-0.2, 0) is 0 Å². The molecule has 2 atom stereocenters.